The number of thioether (sulfide) groups is 2. The summed E-state index contributed by atoms with van der Waals surface area (Å²) >= 11 is 3.87. The summed E-state index contributed by atoms with van der Waals surface area (Å²) in [4.78, 5) is 51.8. The second kappa shape index (κ2) is 10.5. The predicted octanol–water partition coefficient (Wildman–Crippen LogP) is 0.574. The summed E-state index contributed by atoms with van der Waals surface area (Å²) in [6, 6.07) is 1.28. The highest BCUT2D eigenvalue weighted by Gasteiger charge is 2.67. The molecule has 2 aromatic rings. The second-order valence-corrected chi connectivity index (χ2v) is 10.7. The number of aryl methyl sites for hydroxylation is 1. The number of carboxylic acid groups (broad SMARTS) is 1. The van der Waals surface area contributed by atoms with Crippen LogP contribution in [0.25, 0.3) is 0 Å². The minimum atomic E-state index is -1.80. The van der Waals surface area contributed by atoms with Gasteiger partial charge < -0.3 is 26.2 Å². The summed E-state index contributed by atoms with van der Waals surface area (Å²) in [6.07, 6.45) is 1.60. The third-order valence-electron chi connectivity index (χ3n) is 5.60. The number of carboxylic acids is 1. The molecule has 16 heteroatoms. The summed E-state index contributed by atoms with van der Waals surface area (Å²) in [6.45, 7) is 2.53. The van der Waals surface area contributed by atoms with Gasteiger partial charge in [-0.25, -0.2) is 14.3 Å². The Balaban J connectivity index is 1.56. The van der Waals surface area contributed by atoms with E-state index in [-0.39, 0.29) is 5.70 Å². The fourth-order valence-corrected chi connectivity index (χ4v) is 7.25. The molecule has 0 bridgehead atoms. The number of β-lactam (4-membered cyclic amide) rings is 1. The number of nitrogens with zero attached hydrogens (tertiary/aromatic N) is 4. The van der Waals surface area contributed by atoms with Crippen LogP contribution in [0.2, 0.25) is 0 Å². The van der Waals surface area contributed by atoms with Gasteiger partial charge in [0, 0.05) is 30.0 Å². The number of urea groups is 1. The van der Waals surface area contributed by atoms with E-state index in [0.29, 0.717) is 28.5 Å². The maximum atomic E-state index is 13.3. The highest BCUT2D eigenvalue weighted by Crippen LogP contribution is 2.47. The molecule has 4 amide bonds. The third-order valence-corrected chi connectivity index (χ3v) is 9.01. The van der Waals surface area contributed by atoms with Crippen molar-refractivity contribution in [2.24, 2.45) is 5.73 Å². The lowest BCUT2D eigenvalue weighted by atomic mass is 9.97. The van der Waals surface area contributed by atoms with Gasteiger partial charge in [-0.3, -0.25) is 14.5 Å². The van der Waals surface area contributed by atoms with Gasteiger partial charge >= 0.3 is 12.0 Å². The van der Waals surface area contributed by atoms with Crippen molar-refractivity contribution in [2.45, 2.75) is 35.6 Å². The van der Waals surface area contributed by atoms with Crippen LogP contribution in [0.15, 0.2) is 40.0 Å². The first kappa shape index (κ1) is 26.0. The number of hydrogen-bond donors (Lipinski definition) is 4. The van der Waals surface area contributed by atoms with E-state index in [0.717, 1.165) is 9.93 Å². The number of nitrogens with two attached hydrogens (primary N) is 1. The van der Waals surface area contributed by atoms with E-state index in [1.807, 2.05) is 6.92 Å². The van der Waals surface area contributed by atoms with Crippen molar-refractivity contribution in [1.29, 1.82) is 0 Å². The SMILES string of the molecule is CCn1nncc1SCC1=C(C(=O)O)N2C(=O)[C@@](NC(=O)C(NC(N)=O)c3cccs3)(OC)C2SC1. The van der Waals surface area contributed by atoms with Gasteiger partial charge in [-0.1, -0.05) is 11.3 Å². The quantitative estimate of drug-likeness (QED) is 0.184. The van der Waals surface area contributed by atoms with Gasteiger partial charge in [0.1, 0.15) is 22.1 Å². The van der Waals surface area contributed by atoms with Crippen LogP contribution in [-0.4, -0.2) is 78.5 Å². The molecule has 2 aromatic heterocycles. The molecular weight excluding hydrogens is 530 g/mol. The Morgan fingerprint density at radius 1 is 1.44 bits per heavy atom. The van der Waals surface area contributed by atoms with Crippen molar-refractivity contribution in [3.63, 3.8) is 0 Å². The molecule has 0 saturated carbocycles. The molecule has 0 spiro atoms. The van der Waals surface area contributed by atoms with Crippen molar-refractivity contribution in [1.82, 2.24) is 30.5 Å². The van der Waals surface area contributed by atoms with Gasteiger partial charge in [-0.2, -0.15) is 0 Å². The summed E-state index contributed by atoms with van der Waals surface area (Å²) in [5.74, 6) is -2.08. The molecule has 0 radical (unpaired) electrons. The Morgan fingerprint density at radius 2 is 2.22 bits per heavy atom. The number of aromatic nitrogens is 3. The number of fused-ring (bicyclic) bond motifs is 1. The average Bonchev–Trinajstić information content (AvgIpc) is 3.55. The number of thiophene rings is 1. The van der Waals surface area contributed by atoms with Crippen molar-refractivity contribution in [2.75, 3.05) is 18.6 Å². The Labute approximate surface area is 217 Å². The van der Waals surface area contributed by atoms with E-state index in [1.54, 1.807) is 28.4 Å². The zero-order valence-corrected chi connectivity index (χ0v) is 21.6. The number of primary amides is 1. The van der Waals surface area contributed by atoms with Crippen LogP contribution in [0, 0.1) is 0 Å². The Kier molecular flexibility index (Phi) is 7.58. The molecule has 3 atom stereocenters. The molecule has 13 nitrogen and oxygen atoms in total. The molecule has 0 aromatic carbocycles. The van der Waals surface area contributed by atoms with Crippen LogP contribution >= 0.6 is 34.9 Å². The van der Waals surface area contributed by atoms with Crippen LogP contribution in [0.1, 0.15) is 17.8 Å². The number of aliphatic carboxylic acids is 1. The molecule has 1 saturated heterocycles. The molecule has 0 aliphatic carbocycles. The minimum Gasteiger partial charge on any atom is -0.477 e. The molecule has 4 heterocycles. The largest absolute Gasteiger partial charge is 0.477 e. The van der Waals surface area contributed by atoms with Gasteiger partial charge in [-0.05, 0) is 23.9 Å². The smallest absolute Gasteiger partial charge is 0.352 e. The molecular formula is C20H23N7O6S3. The predicted molar refractivity (Wildman–Crippen MR) is 132 cm³/mol. The standard InChI is InChI=1S/C20H23N7O6S3/c1-3-26-12(7-22-25-26)35-8-10-9-36-18-20(33-2,17(31)27(18)14(10)16(29)30)24-15(28)13(23-19(21)32)11-5-4-6-34-11/h4-7,13,18H,3,8-9H2,1-2H3,(H,24,28)(H,29,30)(H3,21,23,32)/t13?,18?,20-/m1/s1. The lowest BCUT2D eigenvalue weighted by Crippen LogP contribution is -2.81. The molecule has 2 aliphatic rings. The van der Waals surface area contributed by atoms with E-state index in [2.05, 4.69) is 20.9 Å². The van der Waals surface area contributed by atoms with Crippen LogP contribution < -0.4 is 16.4 Å². The molecule has 2 aliphatic heterocycles. The van der Waals surface area contributed by atoms with Crippen LogP contribution in [-0.2, 0) is 25.7 Å². The maximum Gasteiger partial charge on any atom is 0.352 e. The van der Waals surface area contributed by atoms with Gasteiger partial charge in [0.15, 0.2) is 0 Å². The van der Waals surface area contributed by atoms with Crippen molar-refractivity contribution >= 4 is 58.7 Å². The van der Waals surface area contributed by atoms with E-state index < -0.39 is 41.0 Å². The average molecular weight is 554 g/mol. The van der Waals surface area contributed by atoms with E-state index in [4.69, 9.17) is 10.5 Å². The van der Waals surface area contributed by atoms with E-state index >= 15 is 0 Å². The van der Waals surface area contributed by atoms with Gasteiger partial charge in [0.2, 0.25) is 0 Å². The number of hydrogen-bond acceptors (Lipinski definition) is 10. The number of methoxy groups -OCH3 is 1. The molecule has 1 fully saturated rings. The number of ether oxygens (including phenoxy) is 1. The first-order chi connectivity index (χ1) is 17.2. The fraction of sp³-hybridized carbons (Fsp3) is 0.400. The molecule has 4 rings (SSSR count). The van der Waals surface area contributed by atoms with Crippen LogP contribution in [0.3, 0.4) is 0 Å². The normalized spacial score (nSPS) is 22.0. The van der Waals surface area contributed by atoms with Gasteiger partial charge in [-0.15, -0.1) is 40.0 Å². The molecule has 192 valence electrons. The van der Waals surface area contributed by atoms with Crippen LogP contribution in [0.5, 0.6) is 0 Å². The molecule has 2 unspecified atom stereocenters. The topological polar surface area (TPSA) is 182 Å². The maximum absolute atomic E-state index is 13.3. The summed E-state index contributed by atoms with van der Waals surface area (Å²) < 4.78 is 7.18. The Morgan fingerprint density at radius 3 is 2.83 bits per heavy atom. The van der Waals surface area contributed by atoms with Gasteiger partial charge in [0.25, 0.3) is 17.5 Å². The van der Waals surface area contributed by atoms with Gasteiger partial charge in [0.05, 0.1) is 6.20 Å². The van der Waals surface area contributed by atoms with E-state index in [1.165, 1.54) is 42.0 Å². The number of rotatable bonds is 10. The molecule has 5 N–H and O–H groups in total. The lowest BCUT2D eigenvalue weighted by molar-refractivity contribution is -0.192. The Bertz CT molecular complexity index is 1220. The number of amides is 4. The zero-order valence-electron chi connectivity index (χ0n) is 19.2. The Hall–Kier alpha value is -3.08. The minimum absolute atomic E-state index is 0.140. The summed E-state index contributed by atoms with van der Waals surface area (Å²) in [7, 11) is 1.26. The first-order valence-corrected chi connectivity index (χ1v) is 13.5. The highest BCUT2D eigenvalue weighted by molar-refractivity contribution is 8.01. The molecule has 36 heavy (non-hydrogen) atoms. The summed E-state index contributed by atoms with van der Waals surface area (Å²) in [5, 5.41) is 24.4. The summed E-state index contributed by atoms with van der Waals surface area (Å²) in [5.41, 5.74) is 3.85. The monoisotopic (exact) mass is 553 g/mol. The lowest BCUT2D eigenvalue weighted by Gasteiger charge is -2.56. The first-order valence-electron chi connectivity index (χ1n) is 10.6. The van der Waals surface area contributed by atoms with Crippen molar-refractivity contribution < 1.29 is 29.0 Å². The van der Waals surface area contributed by atoms with Crippen molar-refractivity contribution in [3.8, 4) is 0 Å². The second-order valence-electron chi connectivity index (χ2n) is 7.66. The zero-order chi connectivity index (χ0) is 26.0. The highest BCUT2D eigenvalue weighted by atomic mass is 32.2. The van der Waals surface area contributed by atoms with E-state index in [9.17, 15) is 24.3 Å². The van der Waals surface area contributed by atoms with Crippen molar-refractivity contribution in [3.05, 3.63) is 39.9 Å². The number of carbonyl (C=O) groups is 4. The van der Waals surface area contributed by atoms with Crippen LogP contribution in [0.4, 0.5) is 4.79 Å². The third kappa shape index (κ3) is 4.56. The number of nitrogens with one attached hydrogen (secondary N) is 2. The fourth-order valence-electron chi connectivity index (χ4n) is 3.91. The number of carbonyl (C=O) groups excluding carboxylic acids is 3.